The number of benzene rings is 1. The molecule has 0 radical (unpaired) electrons. The van der Waals surface area contributed by atoms with Crippen molar-refractivity contribution in [2.24, 2.45) is 5.73 Å². The molecule has 1 saturated carbocycles. The molecule has 5 nitrogen and oxygen atoms in total. The van der Waals surface area contributed by atoms with Crippen molar-refractivity contribution in [3.63, 3.8) is 0 Å². The molecular formula is C14H18ClNO4S. The van der Waals surface area contributed by atoms with Gasteiger partial charge >= 0.3 is 0 Å². The fourth-order valence-corrected chi connectivity index (χ4v) is 5.53. The van der Waals surface area contributed by atoms with Crippen LogP contribution >= 0.6 is 11.6 Å². The molecule has 1 aliphatic heterocycles. The third-order valence-corrected chi connectivity index (χ3v) is 6.93. The van der Waals surface area contributed by atoms with Gasteiger partial charge in [0, 0.05) is 18.9 Å². The topological polar surface area (TPSA) is 78.6 Å². The van der Waals surface area contributed by atoms with Crippen LogP contribution in [0.4, 0.5) is 0 Å². The van der Waals surface area contributed by atoms with E-state index in [1.807, 2.05) is 0 Å². The lowest BCUT2D eigenvalue weighted by atomic mass is 9.90. The summed E-state index contributed by atoms with van der Waals surface area (Å²) in [5, 5.41) is -0.526. The molecule has 21 heavy (non-hydrogen) atoms. The number of ether oxygens (including phenoxy) is 2. The van der Waals surface area contributed by atoms with E-state index >= 15 is 0 Å². The molecule has 2 unspecified atom stereocenters. The highest BCUT2D eigenvalue weighted by Gasteiger charge is 2.49. The van der Waals surface area contributed by atoms with Gasteiger partial charge in [0.1, 0.15) is 0 Å². The zero-order chi connectivity index (χ0) is 15.1. The third-order valence-electron chi connectivity index (χ3n) is 4.20. The van der Waals surface area contributed by atoms with Crippen molar-refractivity contribution < 1.29 is 17.9 Å². The van der Waals surface area contributed by atoms with E-state index in [2.05, 4.69) is 0 Å². The van der Waals surface area contributed by atoms with Crippen molar-refractivity contribution in [3.8, 4) is 0 Å². The van der Waals surface area contributed by atoms with Crippen molar-refractivity contribution >= 4 is 21.4 Å². The number of sulfone groups is 1. The zero-order valence-electron chi connectivity index (χ0n) is 11.5. The van der Waals surface area contributed by atoms with Gasteiger partial charge in [-0.15, -0.1) is 0 Å². The molecule has 2 N–H and O–H groups in total. The molecule has 2 aliphatic rings. The first-order valence-electron chi connectivity index (χ1n) is 6.97. The van der Waals surface area contributed by atoms with Gasteiger partial charge in [0.2, 0.25) is 0 Å². The van der Waals surface area contributed by atoms with Gasteiger partial charge in [-0.2, -0.15) is 0 Å². The van der Waals surface area contributed by atoms with E-state index in [4.69, 9.17) is 26.8 Å². The SMILES string of the molecule is NC1CCC2(CC1S(=O)(=O)c1ccccc1Cl)OCCO2. The molecule has 2 fully saturated rings. The lowest BCUT2D eigenvalue weighted by Gasteiger charge is -2.39. The normalized spacial score (nSPS) is 28.9. The average Bonchev–Trinajstić information content (AvgIpc) is 2.90. The van der Waals surface area contributed by atoms with Crippen molar-refractivity contribution in [3.05, 3.63) is 29.3 Å². The minimum atomic E-state index is -3.62. The van der Waals surface area contributed by atoms with E-state index in [0.29, 0.717) is 26.1 Å². The predicted molar refractivity (Wildman–Crippen MR) is 78.9 cm³/mol. The molecule has 2 atom stereocenters. The highest BCUT2D eigenvalue weighted by atomic mass is 35.5. The van der Waals surface area contributed by atoms with Gasteiger partial charge in [-0.25, -0.2) is 8.42 Å². The van der Waals surface area contributed by atoms with Gasteiger partial charge in [0.25, 0.3) is 0 Å². The predicted octanol–water partition coefficient (Wildman–Crippen LogP) is 1.74. The summed E-state index contributed by atoms with van der Waals surface area (Å²) in [5.74, 6) is -0.797. The fourth-order valence-electron chi connectivity index (χ4n) is 3.07. The molecule has 3 rings (SSSR count). The highest BCUT2D eigenvalue weighted by Crippen LogP contribution is 2.40. The summed E-state index contributed by atoms with van der Waals surface area (Å²) >= 11 is 6.04. The van der Waals surface area contributed by atoms with E-state index in [1.165, 1.54) is 6.07 Å². The Morgan fingerprint density at radius 2 is 1.90 bits per heavy atom. The summed E-state index contributed by atoms with van der Waals surface area (Å²) in [6, 6.07) is 6.01. The highest BCUT2D eigenvalue weighted by molar-refractivity contribution is 7.92. The minimum absolute atomic E-state index is 0.127. The van der Waals surface area contributed by atoms with Crippen LogP contribution in [0.1, 0.15) is 19.3 Å². The van der Waals surface area contributed by atoms with Gasteiger partial charge in [-0.05, 0) is 18.6 Å². The molecule has 116 valence electrons. The van der Waals surface area contributed by atoms with Crippen molar-refractivity contribution in [2.45, 2.75) is 41.2 Å². The van der Waals surface area contributed by atoms with Crippen LogP contribution in [0.3, 0.4) is 0 Å². The van der Waals surface area contributed by atoms with Crippen molar-refractivity contribution in [1.82, 2.24) is 0 Å². The summed E-state index contributed by atoms with van der Waals surface area (Å²) < 4.78 is 37.1. The van der Waals surface area contributed by atoms with Crippen LogP contribution < -0.4 is 5.73 Å². The maximum atomic E-state index is 12.9. The Morgan fingerprint density at radius 1 is 1.24 bits per heavy atom. The third kappa shape index (κ3) is 2.71. The van der Waals surface area contributed by atoms with E-state index in [-0.39, 0.29) is 16.3 Å². The monoisotopic (exact) mass is 331 g/mol. The standard InChI is InChI=1S/C14H18ClNO4S/c15-10-3-1-2-4-12(10)21(17,18)13-9-14(6-5-11(13)16)19-7-8-20-14/h1-4,11,13H,5-9,16H2. The number of halogens is 1. The van der Waals surface area contributed by atoms with E-state index in [0.717, 1.165) is 0 Å². The Hall–Kier alpha value is -0.660. The second-order valence-electron chi connectivity index (χ2n) is 5.53. The number of rotatable bonds is 2. The van der Waals surface area contributed by atoms with Gasteiger partial charge in [0.15, 0.2) is 15.6 Å². The average molecular weight is 332 g/mol. The summed E-state index contributed by atoms with van der Waals surface area (Å²) in [6.45, 7) is 0.988. The largest absolute Gasteiger partial charge is 0.347 e. The summed E-state index contributed by atoms with van der Waals surface area (Å²) in [4.78, 5) is 0.127. The lowest BCUT2D eigenvalue weighted by molar-refractivity contribution is -0.177. The van der Waals surface area contributed by atoms with Crippen LogP contribution in [0.5, 0.6) is 0 Å². The molecule has 1 spiro atoms. The Labute approximate surface area is 129 Å². The summed E-state index contributed by atoms with van der Waals surface area (Å²) in [7, 11) is -3.62. The van der Waals surface area contributed by atoms with E-state index in [1.54, 1.807) is 18.2 Å². The maximum Gasteiger partial charge on any atom is 0.184 e. The molecule has 1 heterocycles. The first kappa shape index (κ1) is 15.2. The van der Waals surface area contributed by atoms with Crippen LogP contribution in [0.2, 0.25) is 5.02 Å². The fraction of sp³-hybridized carbons (Fsp3) is 0.571. The first-order chi connectivity index (χ1) is 9.95. The number of hydrogen-bond donors (Lipinski definition) is 1. The smallest absolute Gasteiger partial charge is 0.184 e. The molecule has 7 heteroatoms. The van der Waals surface area contributed by atoms with Crippen LogP contribution in [-0.4, -0.2) is 38.7 Å². The molecule has 0 amide bonds. The molecule has 0 bridgehead atoms. The van der Waals surface area contributed by atoms with Crippen LogP contribution in [0.25, 0.3) is 0 Å². The van der Waals surface area contributed by atoms with Gasteiger partial charge in [-0.3, -0.25) is 0 Å². The first-order valence-corrected chi connectivity index (χ1v) is 8.89. The van der Waals surface area contributed by atoms with Crippen molar-refractivity contribution in [2.75, 3.05) is 13.2 Å². The van der Waals surface area contributed by atoms with E-state index in [9.17, 15) is 8.42 Å². The Morgan fingerprint density at radius 3 is 2.57 bits per heavy atom. The molecule has 1 aliphatic carbocycles. The molecular weight excluding hydrogens is 314 g/mol. The second kappa shape index (κ2) is 5.52. The minimum Gasteiger partial charge on any atom is -0.347 e. The van der Waals surface area contributed by atoms with Crippen LogP contribution in [0.15, 0.2) is 29.2 Å². The molecule has 1 saturated heterocycles. The van der Waals surface area contributed by atoms with Gasteiger partial charge in [-0.1, -0.05) is 23.7 Å². The Balaban J connectivity index is 1.95. The zero-order valence-corrected chi connectivity index (χ0v) is 13.1. The maximum absolute atomic E-state index is 12.9. The molecule has 0 aromatic heterocycles. The summed E-state index contributed by atoms with van der Waals surface area (Å²) in [6.07, 6.45) is 1.43. The van der Waals surface area contributed by atoms with Gasteiger partial charge in [0.05, 0.1) is 28.4 Å². The number of hydrogen-bond acceptors (Lipinski definition) is 5. The van der Waals surface area contributed by atoms with Crippen LogP contribution in [0, 0.1) is 0 Å². The quantitative estimate of drug-likeness (QED) is 0.893. The molecule has 1 aromatic rings. The lowest BCUT2D eigenvalue weighted by Crippen LogP contribution is -2.52. The van der Waals surface area contributed by atoms with E-state index < -0.39 is 26.9 Å². The Bertz CT molecular complexity index is 628. The second-order valence-corrected chi connectivity index (χ2v) is 8.07. The summed E-state index contributed by atoms with van der Waals surface area (Å²) in [5.41, 5.74) is 6.07. The van der Waals surface area contributed by atoms with Crippen LogP contribution in [-0.2, 0) is 19.3 Å². The van der Waals surface area contributed by atoms with Gasteiger partial charge < -0.3 is 15.2 Å². The van der Waals surface area contributed by atoms with Crippen molar-refractivity contribution in [1.29, 1.82) is 0 Å². The Kier molecular flexibility index (Phi) is 4.00. The molecule has 1 aromatic carbocycles. The number of nitrogens with two attached hydrogens (primary N) is 1.